The molecule has 2 aromatic rings. The van der Waals surface area contributed by atoms with Crippen LogP contribution in [0.2, 0.25) is 10.0 Å². The van der Waals surface area contributed by atoms with Gasteiger partial charge in [-0.1, -0.05) is 29.3 Å². The van der Waals surface area contributed by atoms with Gasteiger partial charge in [0, 0.05) is 4.88 Å². The second kappa shape index (κ2) is 5.45. The van der Waals surface area contributed by atoms with E-state index in [0.29, 0.717) is 5.02 Å². The van der Waals surface area contributed by atoms with E-state index in [1.54, 1.807) is 12.1 Å². The average molecular weight is 374 g/mol. The zero-order valence-electron chi connectivity index (χ0n) is 8.18. The lowest BCUT2D eigenvalue weighted by atomic mass is 10.1. The number of thiophene rings is 1. The molecule has 0 fully saturated rings. The summed E-state index contributed by atoms with van der Waals surface area (Å²) in [7, 11) is 0. The normalized spacial score (nSPS) is 12.8. The molecule has 0 amide bonds. The molecule has 90 valence electrons. The first-order valence-electron chi connectivity index (χ1n) is 4.53. The molecule has 1 heterocycles. The lowest BCUT2D eigenvalue weighted by Crippen LogP contribution is -1.91. The highest BCUT2D eigenvalue weighted by atomic mass is 79.9. The second-order valence-corrected chi connectivity index (χ2v) is 6.96. The zero-order chi connectivity index (χ0) is 12.6. The van der Waals surface area contributed by atoms with Crippen LogP contribution in [-0.2, 0) is 0 Å². The summed E-state index contributed by atoms with van der Waals surface area (Å²) >= 11 is 22.7. The second-order valence-electron chi connectivity index (χ2n) is 3.31. The minimum Gasteiger partial charge on any atom is -0.205 e. The molecule has 0 nitrogen and oxygen atoms in total. The van der Waals surface area contributed by atoms with Crippen LogP contribution in [0.15, 0.2) is 28.1 Å². The lowest BCUT2D eigenvalue weighted by Gasteiger charge is -2.08. The lowest BCUT2D eigenvalue weighted by molar-refractivity contribution is 0.627. The Hall–Kier alpha value is 0.200. The van der Waals surface area contributed by atoms with Gasteiger partial charge in [-0.25, -0.2) is 4.39 Å². The number of halogens is 5. The Kier molecular flexibility index (Phi) is 4.37. The Morgan fingerprint density at radius 1 is 1.18 bits per heavy atom. The van der Waals surface area contributed by atoms with Crippen LogP contribution < -0.4 is 0 Å². The van der Waals surface area contributed by atoms with Gasteiger partial charge in [-0.2, -0.15) is 0 Å². The van der Waals surface area contributed by atoms with Gasteiger partial charge in [-0.3, -0.25) is 0 Å². The van der Waals surface area contributed by atoms with Gasteiger partial charge >= 0.3 is 0 Å². The van der Waals surface area contributed by atoms with E-state index in [2.05, 4.69) is 15.9 Å². The van der Waals surface area contributed by atoms with E-state index in [4.69, 9.17) is 34.8 Å². The van der Waals surface area contributed by atoms with Gasteiger partial charge in [-0.05, 0) is 39.7 Å². The van der Waals surface area contributed by atoms with Crippen molar-refractivity contribution in [3.8, 4) is 0 Å². The van der Waals surface area contributed by atoms with Gasteiger partial charge in [0.15, 0.2) is 0 Å². The molecule has 0 bridgehead atoms. The summed E-state index contributed by atoms with van der Waals surface area (Å²) in [5, 5.41) is 0.292. The van der Waals surface area contributed by atoms with Crippen LogP contribution in [0, 0.1) is 5.82 Å². The summed E-state index contributed by atoms with van der Waals surface area (Å²) in [6, 6.07) is 6.22. The van der Waals surface area contributed by atoms with Crippen molar-refractivity contribution in [3.63, 3.8) is 0 Å². The standard InChI is InChI=1S/C11H5BrCl3FS/c12-11-7(14)4-9(17-11)10(15)5-1-2-8(16)6(13)3-5/h1-4,10H. The number of hydrogen-bond donors (Lipinski definition) is 0. The summed E-state index contributed by atoms with van der Waals surface area (Å²) in [6.45, 7) is 0. The SMILES string of the molecule is Fc1ccc(C(Cl)c2cc(Cl)c(Br)s2)cc1Cl. The van der Waals surface area contributed by atoms with Gasteiger partial charge in [-0.15, -0.1) is 22.9 Å². The monoisotopic (exact) mass is 372 g/mol. The average Bonchev–Trinajstić information content (AvgIpc) is 2.62. The molecule has 0 radical (unpaired) electrons. The topological polar surface area (TPSA) is 0 Å². The molecule has 1 aromatic carbocycles. The first-order chi connectivity index (χ1) is 7.99. The maximum Gasteiger partial charge on any atom is 0.141 e. The third-order valence-corrected chi connectivity index (χ3v) is 5.60. The van der Waals surface area contributed by atoms with Crippen LogP contribution in [0.5, 0.6) is 0 Å². The summed E-state index contributed by atoms with van der Waals surface area (Å²) in [4.78, 5) is 0.881. The number of rotatable bonds is 2. The van der Waals surface area contributed by atoms with Gasteiger partial charge in [0.25, 0.3) is 0 Å². The van der Waals surface area contributed by atoms with Crippen molar-refractivity contribution in [2.24, 2.45) is 0 Å². The number of hydrogen-bond acceptors (Lipinski definition) is 1. The van der Waals surface area contributed by atoms with E-state index in [-0.39, 0.29) is 10.4 Å². The van der Waals surface area contributed by atoms with E-state index in [1.165, 1.54) is 23.5 Å². The summed E-state index contributed by atoms with van der Waals surface area (Å²) in [5.74, 6) is -0.454. The van der Waals surface area contributed by atoms with E-state index in [0.717, 1.165) is 14.2 Å². The van der Waals surface area contributed by atoms with Crippen molar-refractivity contribution in [1.82, 2.24) is 0 Å². The molecule has 1 atom stereocenters. The predicted octanol–water partition coefficient (Wildman–Crippen LogP) is 6.28. The molecule has 0 N–H and O–H groups in total. The van der Waals surface area contributed by atoms with Crippen molar-refractivity contribution >= 4 is 62.1 Å². The summed E-state index contributed by atoms with van der Waals surface area (Å²) in [6.07, 6.45) is 0. The molecule has 17 heavy (non-hydrogen) atoms. The molecule has 6 heteroatoms. The molecule has 0 aliphatic heterocycles. The molecule has 0 saturated carbocycles. The molecular formula is C11H5BrCl3FS. The molecular weight excluding hydrogens is 369 g/mol. The van der Waals surface area contributed by atoms with Crippen molar-refractivity contribution < 1.29 is 4.39 Å². The van der Waals surface area contributed by atoms with Crippen molar-refractivity contribution in [2.75, 3.05) is 0 Å². The third-order valence-electron chi connectivity index (χ3n) is 2.15. The third kappa shape index (κ3) is 2.96. The molecule has 1 unspecified atom stereocenters. The maximum absolute atomic E-state index is 13.0. The largest absolute Gasteiger partial charge is 0.205 e. The fraction of sp³-hybridized carbons (Fsp3) is 0.0909. The van der Waals surface area contributed by atoms with Crippen molar-refractivity contribution in [2.45, 2.75) is 5.38 Å². The van der Waals surface area contributed by atoms with Crippen LogP contribution in [-0.4, -0.2) is 0 Å². The predicted molar refractivity (Wildman–Crippen MR) is 76.1 cm³/mol. The Bertz CT molecular complexity index is 536. The number of alkyl halides is 1. The van der Waals surface area contributed by atoms with E-state index >= 15 is 0 Å². The maximum atomic E-state index is 13.0. The molecule has 0 aliphatic carbocycles. The van der Waals surface area contributed by atoms with Crippen LogP contribution >= 0.6 is 62.1 Å². The van der Waals surface area contributed by atoms with Crippen LogP contribution in [0.25, 0.3) is 0 Å². The van der Waals surface area contributed by atoms with Crippen LogP contribution in [0.4, 0.5) is 4.39 Å². The Balaban J connectivity index is 2.36. The van der Waals surface area contributed by atoms with Crippen LogP contribution in [0.3, 0.4) is 0 Å². The van der Waals surface area contributed by atoms with Crippen LogP contribution in [0.1, 0.15) is 15.8 Å². The van der Waals surface area contributed by atoms with Gasteiger partial charge in [0.05, 0.1) is 19.2 Å². The molecule has 0 aliphatic rings. The Morgan fingerprint density at radius 3 is 2.41 bits per heavy atom. The van der Waals surface area contributed by atoms with Gasteiger partial charge < -0.3 is 0 Å². The fourth-order valence-corrected chi connectivity index (χ4v) is 3.60. The Morgan fingerprint density at radius 2 is 1.88 bits per heavy atom. The van der Waals surface area contributed by atoms with E-state index < -0.39 is 5.82 Å². The first-order valence-corrected chi connectivity index (χ1v) is 7.33. The van der Waals surface area contributed by atoms with E-state index in [1.807, 2.05) is 0 Å². The quantitative estimate of drug-likeness (QED) is 0.542. The van der Waals surface area contributed by atoms with Crippen molar-refractivity contribution in [1.29, 1.82) is 0 Å². The number of benzene rings is 1. The Labute approximate surface area is 125 Å². The highest BCUT2D eigenvalue weighted by Gasteiger charge is 2.16. The smallest absolute Gasteiger partial charge is 0.141 e. The summed E-state index contributed by atoms with van der Waals surface area (Å²) < 4.78 is 13.9. The van der Waals surface area contributed by atoms with Gasteiger partial charge in [0.2, 0.25) is 0 Å². The highest BCUT2D eigenvalue weighted by Crippen LogP contribution is 2.40. The first kappa shape index (κ1) is 13.6. The van der Waals surface area contributed by atoms with E-state index in [9.17, 15) is 4.39 Å². The minimum atomic E-state index is -0.454. The molecule has 1 aromatic heterocycles. The zero-order valence-corrected chi connectivity index (χ0v) is 12.9. The highest BCUT2D eigenvalue weighted by molar-refractivity contribution is 9.11. The van der Waals surface area contributed by atoms with Gasteiger partial charge in [0.1, 0.15) is 5.82 Å². The minimum absolute atomic E-state index is 0.0647. The molecule has 2 rings (SSSR count). The fourth-order valence-electron chi connectivity index (χ4n) is 1.32. The molecule has 0 saturated heterocycles. The summed E-state index contributed by atoms with van der Waals surface area (Å²) in [5.41, 5.74) is 0.739. The van der Waals surface area contributed by atoms with Crippen molar-refractivity contribution in [3.05, 3.63) is 54.4 Å². The molecule has 0 spiro atoms.